The number of hydrogen-bond acceptors (Lipinski definition) is 4. The lowest BCUT2D eigenvalue weighted by atomic mass is 9.91. The van der Waals surface area contributed by atoms with Crippen molar-refractivity contribution in [1.82, 2.24) is 4.90 Å². The third-order valence-corrected chi connectivity index (χ3v) is 6.58. The molecule has 1 heterocycles. The van der Waals surface area contributed by atoms with Crippen LogP contribution in [0.15, 0.2) is 65.6 Å². The van der Waals surface area contributed by atoms with Gasteiger partial charge in [0.05, 0.1) is 4.90 Å². The molecule has 2 aromatic carbocycles. The quantitative estimate of drug-likeness (QED) is 0.833. The predicted molar refractivity (Wildman–Crippen MR) is 94.7 cm³/mol. The zero-order valence-electron chi connectivity index (χ0n) is 14.4. The van der Waals surface area contributed by atoms with Gasteiger partial charge in [-0.05, 0) is 38.5 Å². The Labute approximate surface area is 148 Å². The summed E-state index contributed by atoms with van der Waals surface area (Å²) >= 11 is 0. The van der Waals surface area contributed by atoms with Crippen molar-refractivity contribution in [3.8, 4) is 0 Å². The van der Waals surface area contributed by atoms with Gasteiger partial charge in [0.2, 0.25) is 0 Å². The summed E-state index contributed by atoms with van der Waals surface area (Å²) in [4.78, 5) is 14.1. The highest BCUT2D eigenvalue weighted by molar-refractivity contribution is 7.92. The summed E-state index contributed by atoms with van der Waals surface area (Å²) in [5.74, 6) is 0. The van der Waals surface area contributed by atoms with Crippen molar-refractivity contribution in [3.05, 3.63) is 66.2 Å². The maximum atomic E-state index is 13.0. The van der Waals surface area contributed by atoms with Crippen molar-refractivity contribution >= 4 is 15.9 Å². The average molecular weight is 359 g/mol. The number of carbonyl (C=O) groups excluding carboxylic acids is 1. The first kappa shape index (κ1) is 17.5. The van der Waals surface area contributed by atoms with Crippen LogP contribution in [0.3, 0.4) is 0 Å². The molecule has 25 heavy (non-hydrogen) atoms. The molecule has 132 valence electrons. The van der Waals surface area contributed by atoms with Gasteiger partial charge in [0.1, 0.15) is 17.0 Å². The van der Waals surface area contributed by atoms with Crippen molar-refractivity contribution in [2.75, 3.05) is 0 Å². The predicted octanol–water partition coefficient (Wildman–Crippen LogP) is 3.78. The molecule has 1 fully saturated rings. The number of benzene rings is 2. The minimum absolute atomic E-state index is 0.187. The Bertz CT molecular complexity index is 863. The van der Waals surface area contributed by atoms with Gasteiger partial charge in [0, 0.05) is 0 Å². The van der Waals surface area contributed by atoms with Gasteiger partial charge in [-0.15, -0.1) is 0 Å². The van der Waals surface area contributed by atoms with Crippen LogP contribution in [0.1, 0.15) is 32.4 Å². The van der Waals surface area contributed by atoms with Crippen LogP contribution in [0, 0.1) is 0 Å². The molecule has 0 aromatic heterocycles. The fourth-order valence-electron chi connectivity index (χ4n) is 3.29. The molecule has 1 amide bonds. The van der Waals surface area contributed by atoms with Crippen LogP contribution >= 0.6 is 0 Å². The first-order valence-electron chi connectivity index (χ1n) is 8.10. The monoisotopic (exact) mass is 359 g/mol. The van der Waals surface area contributed by atoms with Crippen LogP contribution in [0.25, 0.3) is 0 Å². The molecule has 0 bridgehead atoms. The Morgan fingerprint density at radius 3 is 2.08 bits per heavy atom. The van der Waals surface area contributed by atoms with E-state index in [-0.39, 0.29) is 4.90 Å². The second-order valence-corrected chi connectivity index (χ2v) is 8.89. The van der Waals surface area contributed by atoms with Crippen LogP contribution < -0.4 is 0 Å². The molecule has 2 atom stereocenters. The fourth-order valence-corrected chi connectivity index (χ4v) is 4.72. The molecule has 1 unspecified atom stereocenters. The summed E-state index contributed by atoms with van der Waals surface area (Å²) in [5, 5.41) is -1.05. The van der Waals surface area contributed by atoms with Gasteiger partial charge < -0.3 is 4.74 Å². The minimum Gasteiger partial charge on any atom is -0.441 e. The standard InChI is InChI=1S/C19H21NO4S/c1-14(25(22,23)16-12-8-5-9-13-16)20-17(15-10-6-4-7-11-15)19(2,3)24-18(20)21/h4-14,17H,1-3H3/t14?,17-/m1/s1. The highest BCUT2D eigenvalue weighted by Gasteiger charge is 2.52. The van der Waals surface area contributed by atoms with E-state index in [4.69, 9.17) is 4.74 Å². The molecule has 0 N–H and O–H groups in total. The van der Waals surface area contributed by atoms with Crippen molar-refractivity contribution in [2.24, 2.45) is 0 Å². The van der Waals surface area contributed by atoms with E-state index >= 15 is 0 Å². The molecule has 0 spiro atoms. The lowest BCUT2D eigenvalue weighted by Gasteiger charge is -2.32. The number of ether oxygens (including phenoxy) is 1. The van der Waals surface area contributed by atoms with E-state index in [1.165, 1.54) is 24.0 Å². The van der Waals surface area contributed by atoms with Crippen LogP contribution in [0.5, 0.6) is 0 Å². The number of sulfone groups is 1. The molecule has 0 saturated carbocycles. The number of cyclic esters (lactones) is 1. The fraction of sp³-hybridized carbons (Fsp3) is 0.316. The molecule has 1 aliphatic rings. The summed E-state index contributed by atoms with van der Waals surface area (Å²) in [6, 6.07) is 17.0. The number of rotatable bonds is 4. The maximum absolute atomic E-state index is 13.0. The summed E-state index contributed by atoms with van der Waals surface area (Å²) in [7, 11) is -3.72. The van der Waals surface area contributed by atoms with Crippen molar-refractivity contribution < 1.29 is 17.9 Å². The topological polar surface area (TPSA) is 63.7 Å². The highest BCUT2D eigenvalue weighted by atomic mass is 32.2. The Kier molecular flexibility index (Phi) is 4.33. The number of carbonyl (C=O) groups is 1. The van der Waals surface area contributed by atoms with Gasteiger partial charge in [0.15, 0.2) is 9.84 Å². The summed E-state index contributed by atoms with van der Waals surface area (Å²) < 4.78 is 31.5. The van der Waals surface area contributed by atoms with Crippen molar-refractivity contribution in [1.29, 1.82) is 0 Å². The highest BCUT2D eigenvalue weighted by Crippen LogP contribution is 2.43. The van der Waals surface area contributed by atoms with Crippen LogP contribution in [-0.4, -0.2) is 30.4 Å². The van der Waals surface area contributed by atoms with E-state index in [1.807, 2.05) is 30.3 Å². The lowest BCUT2D eigenvalue weighted by Crippen LogP contribution is -2.43. The average Bonchev–Trinajstić information content (AvgIpc) is 2.84. The SMILES string of the molecule is CC(N1C(=O)OC(C)(C)[C@H]1c1ccccc1)S(=O)(=O)c1ccccc1. The van der Waals surface area contributed by atoms with Gasteiger partial charge in [0.25, 0.3) is 0 Å². The maximum Gasteiger partial charge on any atom is 0.412 e. The second kappa shape index (κ2) is 6.19. The first-order valence-corrected chi connectivity index (χ1v) is 9.65. The van der Waals surface area contributed by atoms with E-state index in [0.29, 0.717) is 0 Å². The molecule has 2 aromatic rings. The molecule has 0 radical (unpaired) electrons. The van der Waals surface area contributed by atoms with Gasteiger partial charge in [-0.1, -0.05) is 48.5 Å². The van der Waals surface area contributed by atoms with Crippen molar-refractivity contribution in [2.45, 2.75) is 42.7 Å². The van der Waals surface area contributed by atoms with E-state index in [1.54, 1.807) is 32.0 Å². The zero-order valence-corrected chi connectivity index (χ0v) is 15.2. The second-order valence-electron chi connectivity index (χ2n) is 6.65. The number of amides is 1. The first-order chi connectivity index (χ1) is 11.7. The molecular weight excluding hydrogens is 338 g/mol. The van der Waals surface area contributed by atoms with E-state index in [0.717, 1.165) is 5.56 Å². The normalized spacial score (nSPS) is 21.0. The van der Waals surface area contributed by atoms with E-state index in [9.17, 15) is 13.2 Å². The Balaban J connectivity index is 2.06. The summed E-state index contributed by atoms with van der Waals surface area (Å²) in [5.41, 5.74) is 0.00675. The van der Waals surface area contributed by atoms with Crippen LogP contribution in [0.2, 0.25) is 0 Å². The number of nitrogens with zero attached hydrogens (tertiary/aromatic N) is 1. The Hall–Kier alpha value is -2.34. The molecule has 0 aliphatic carbocycles. The van der Waals surface area contributed by atoms with Crippen LogP contribution in [-0.2, 0) is 14.6 Å². The molecular formula is C19H21NO4S. The van der Waals surface area contributed by atoms with Gasteiger partial charge in [-0.3, -0.25) is 4.90 Å². The Morgan fingerprint density at radius 2 is 1.52 bits per heavy atom. The van der Waals surface area contributed by atoms with Crippen LogP contribution in [0.4, 0.5) is 4.79 Å². The molecule has 1 aliphatic heterocycles. The Morgan fingerprint density at radius 1 is 1.00 bits per heavy atom. The summed E-state index contributed by atoms with van der Waals surface area (Å²) in [6.45, 7) is 5.12. The molecule has 1 saturated heterocycles. The van der Waals surface area contributed by atoms with Gasteiger partial charge in [-0.25, -0.2) is 13.2 Å². The lowest BCUT2D eigenvalue weighted by molar-refractivity contribution is 0.0674. The molecule has 5 nitrogen and oxygen atoms in total. The zero-order chi connectivity index (χ0) is 18.2. The third-order valence-electron chi connectivity index (χ3n) is 4.53. The largest absolute Gasteiger partial charge is 0.441 e. The van der Waals surface area contributed by atoms with E-state index < -0.39 is 32.9 Å². The van der Waals surface area contributed by atoms with Crippen molar-refractivity contribution in [3.63, 3.8) is 0 Å². The van der Waals surface area contributed by atoms with Gasteiger partial charge >= 0.3 is 6.09 Å². The van der Waals surface area contributed by atoms with E-state index in [2.05, 4.69) is 0 Å². The summed E-state index contributed by atoms with van der Waals surface area (Å²) in [6.07, 6.45) is -0.620. The third kappa shape index (κ3) is 3.02. The molecule has 3 rings (SSSR count). The minimum atomic E-state index is -3.72. The number of hydrogen-bond donors (Lipinski definition) is 0. The smallest absolute Gasteiger partial charge is 0.412 e. The molecule has 6 heteroatoms. The van der Waals surface area contributed by atoms with Gasteiger partial charge in [-0.2, -0.15) is 0 Å².